The van der Waals surface area contributed by atoms with Crippen LogP contribution in [0.25, 0.3) is 0 Å². The summed E-state index contributed by atoms with van der Waals surface area (Å²) >= 11 is 0. The van der Waals surface area contributed by atoms with E-state index in [-0.39, 0.29) is 23.2 Å². The van der Waals surface area contributed by atoms with Crippen LogP contribution in [0.5, 0.6) is 5.75 Å². The van der Waals surface area contributed by atoms with Crippen LogP contribution in [0.4, 0.5) is 5.69 Å². The Kier molecular flexibility index (Phi) is 3.64. The molecule has 1 aliphatic rings. The zero-order valence-corrected chi connectivity index (χ0v) is 11.4. The first-order valence-corrected chi connectivity index (χ1v) is 7.13. The van der Waals surface area contributed by atoms with Gasteiger partial charge in [-0.2, -0.15) is 0 Å². The first-order valence-electron chi connectivity index (χ1n) is 5.65. The largest absolute Gasteiger partial charge is 0.482 e. The quantitative estimate of drug-likeness (QED) is 0.663. The molecule has 20 heavy (non-hydrogen) atoms. The number of ether oxygens (including phenoxy) is 1. The Balaban J connectivity index is 2.38. The minimum absolute atomic E-state index is 0.0337. The molecule has 1 heterocycles. The van der Waals surface area contributed by atoms with E-state index < -0.39 is 22.5 Å². The number of nitrogens with two attached hydrogens (primary N) is 1. The Morgan fingerprint density at radius 2 is 2.20 bits per heavy atom. The van der Waals surface area contributed by atoms with Crippen molar-refractivity contribution >= 4 is 27.5 Å². The molecule has 0 saturated carbocycles. The molecule has 1 aliphatic heterocycles. The third-order valence-electron chi connectivity index (χ3n) is 2.64. The van der Waals surface area contributed by atoms with Gasteiger partial charge in [-0.3, -0.25) is 9.59 Å². The van der Waals surface area contributed by atoms with E-state index >= 15 is 0 Å². The lowest BCUT2D eigenvalue weighted by Crippen LogP contribution is -2.34. The van der Waals surface area contributed by atoms with Gasteiger partial charge in [0, 0.05) is 6.07 Å². The van der Waals surface area contributed by atoms with Crippen LogP contribution in [-0.4, -0.2) is 33.4 Å². The smallest absolute Gasteiger partial charge is 0.262 e. The van der Waals surface area contributed by atoms with Crippen LogP contribution in [0.15, 0.2) is 17.0 Å². The van der Waals surface area contributed by atoms with Gasteiger partial charge in [0.2, 0.25) is 15.9 Å². The number of hydrogen-bond acceptors (Lipinski definition) is 5. The van der Waals surface area contributed by atoms with E-state index in [1.807, 2.05) is 0 Å². The Bertz CT molecular complexity index is 684. The number of sulfonamides is 1. The predicted molar refractivity (Wildman–Crippen MR) is 69.7 cm³/mol. The molecule has 0 unspecified atom stereocenters. The number of rotatable bonds is 4. The van der Waals surface area contributed by atoms with Gasteiger partial charge in [-0.25, -0.2) is 13.1 Å². The summed E-state index contributed by atoms with van der Waals surface area (Å²) in [5.74, 6) is -0.832. The standard InChI is InChI=1S/C11H13N3O5S/c1-6-2-7-8(19-5-11(16)14-7)3-9(6)20(17,18)13-4-10(12)15/h2-3,13H,4-5H2,1H3,(H2,12,15)(H,14,16). The molecule has 0 fully saturated rings. The predicted octanol–water partition coefficient (Wildman–Crippen LogP) is -0.910. The monoisotopic (exact) mass is 299 g/mol. The molecule has 0 aliphatic carbocycles. The molecule has 0 saturated heterocycles. The summed E-state index contributed by atoms with van der Waals surface area (Å²) in [6, 6.07) is 2.79. The van der Waals surface area contributed by atoms with Crippen LogP contribution in [0, 0.1) is 6.92 Å². The third-order valence-corrected chi connectivity index (χ3v) is 4.18. The van der Waals surface area contributed by atoms with Gasteiger partial charge >= 0.3 is 0 Å². The Morgan fingerprint density at radius 1 is 1.50 bits per heavy atom. The molecule has 0 radical (unpaired) electrons. The average Bonchev–Trinajstić information content (AvgIpc) is 2.35. The highest BCUT2D eigenvalue weighted by Gasteiger charge is 2.23. The molecule has 108 valence electrons. The van der Waals surface area contributed by atoms with E-state index in [1.54, 1.807) is 6.92 Å². The van der Waals surface area contributed by atoms with Crippen LogP contribution in [0.3, 0.4) is 0 Å². The number of anilines is 1. The zero-order valence-electron chi connectivity index (χ0n) is 10.6. The van der Waals surface area contributed by atoms with Crippen molar-refractivity contribution in [2.24, 2.45) is 5.73 Å². The third kappa shape index (κ3) is 2.89. The number of carbonyl (C=O) groups excluding carboxylic acids is 2. The molecule has 1 aromatic rings. The van der Waals surface area contributed by atoms with Crippen molar-refractivity contribution in [1.82, 2.24) is 4.72 Å². The maximum absolute atomic E-state index is 12.0. The van der Waals surface area contributed by atoms with Gasteiger partial charge in [-0.15, -0.1) is 0 Å². The van der Waals surface area contributed by atoms with Crippen molar-refractivity contribution in [3.05, 3.63) is 17.7 Å². The lowest BCUT2D eigenvalue weighted by Gasteiger charge is -2.20. The van der Waals surface area contributed by atoms with E-state index in [2.05, 4.69) is 10.0 Å². The molecule has 8 nitrogen and oxygen atoms in total. The average molecular weight is 299 g/mol. The van der Waals surface area contributed by atoms with Gasteiger partial charge < -0.3 is 15.8 Å². The highest BCUT2D eigenvalue weighted by molar-refractivity contribution is 7.89. The van der Waals surface area contributed by atoms with Gasteiger partial charge in [0.05, 0.1) is 17.1 Å². The zero-order chi connectivity index (χ0) is 14.9. The summed E-state index contributed by atoms with van der Waals surface area (Å²) in [7, 11) is -3.88. The van der Waals surface area contributed by atoms with Gasteiger partial charge in [-0.1, -0.05) is 0 Å². The minimum atomic E-state index is -3.88. The molecule has 1 aromatic carbocycles. The summed E-state index contributed by atoms with van der Waals surface area (Å²) < 4.78 is 31.3. The molecule has 9 heteroatoms. The highest BCUT2D eigenvalue weighted by Crippen LogP contribution is 2.32. The number of fused-ring (bicyclic) bond motifs is 1. The first kappa shape index (κ1) is 14.3. The van der Waals surface area contributed by atoms with E-state index in [9.17, 15) is 18.0 Å². The second-order valence-corrected chi connectivity index (χ2v) is 5.98. The molecule has 0 atom stereocenters. The molecule has 2 rings (SSSR count). The molecule has 4 N–H and O–H groups in total. The van der Waals surface area contributed by atoms with E-state index in [0.29, 0.717) is 11.3 Å². The number of carbonyl (C=O) groups is 2. The highest BCUT2D eigenvalue weighted by atomic mass is 32.2. The van der Waals surface area contributed by atoms with Crippen LogP contribution < -0.4 is 20.5 Å². The Labute approximate surface area is 115 Å². The summed E-state index contributed by atoms with van der Waals surface area (Å²) in [6.45, 7) is 0.903. The number of aryl methyl sites for hydroxylation is 1. The number of amides is 2. The molecule has 2 amide bonds. The minimum Gasteiger partial charge on any atom is -0.482 e. The fourth-order valence-electron chi connectivity index (χ4n) is 1.75. The van der Waals surface area contributed by atoms with Crippen molar-refractivity contribution in [1.29, 1.82) is 0 Å². The second-order valence-electron chi connectivity index (χ2n) is 4.24. The van der Waals surface area contributed by atoms with Crippen molar-refractivity contribution in [3.8, 4) is 5.75 Å². The molecular weight excluding hydrogens is 286 g/mol. The molecule has 0 aromatic heterocycles. The molecule has 0 spiro atoms. The van der Waals surface area contributed by atoms with E-state index in [0.717, 1.165) is 0 Å². The van der Waals surface area contributed by atoms with Crippen LogP contribution >= 0.6 is 0 Å². The lowest BCUT2D eigenvalue weighted by atomic mass is 10.2. The van der Waals surface area contributed by atoms with E-state index in [4.69, 9.17) is 10.5 Å². The van der Waals surface area contributed by atoms with Crippen LogP contribution in [0.2, 0.25) is 0 Å². The normalized spacial score (nSPS) is 14.2. The number of primary amides is 1. The fraction of sp³-hybridized carbons (Fsp3) is 0.273. The number of nitrogens with one attached hydrogen (secondary N) is 2. The summed E-state index contributed by atoms with van der Waals surface area (Å²) in [6.07, 6.45) is 0. The van der Waals surface area contributed by atoms with Crippen molar-refractivity contribution in [2.45, 2.75) is 11.8 Å². The van der Waals surface area contributed by atoms with Crippen molar-refractivity contribution in [3.63, 3.8) is 0 Å². The second kappa shape index (κ2) is 5.10. The first-order chi connectivity index (χ1) is 9.29. The maximum Gasteiger partial charge on any atom is 0.262 e. The molecular formula is C11H13N3O5S. The topological polar surface area (TPSA) is 128 Å². The van der Waals surface area contributed by atoms with Gasteiger partial charge in [0.15, 0.2) is 6.61 Å². The van der Waals surface area contributed by atoms with Gasteiger partial charge in [0.25, 0.3) is 5.91 Å². The summed E-state index contributed by atoms with van der Waals surface area (Å²) in [4.78, 5) is 21.8. The Morgan fingerprint density at radius 3 is 2.85 bits per heavy atom. The SMILES string of the molecule is Cc1cc2c(cc1S(=O)(=O)NCC(N)=O)OCC(=O)N2. The van der Waals surface area contributed by atoms with E-state index in [1.165, 1.54) is 12.1 Å². The van der Waals surface area contributed by atoms with Crippen molar-refractivity contribution in [2.75, 3.05) is 18.5 Å². The summed E-state index contributed by atoms with van der Waals surface area (Å²) in [5, 5.41) is 2.58. The van der Waals surface area contributed by atoms with Crippen molar-refractivity contribution < 1.29 is 22.7 Å². The summed E-state index contributed by atoms with van der Waals surface area (Å²) in [5.41, 5.74) is 5.72. The van der Waals surface area contributed by atoms with Gasteiger partial charge in [-0.05, 0) is 18.6 Å². The van der Waals surface area contributed by atoms with Crippen LogP contribution in [0.1, 0.15) is 5.56 Å². The number of hydrogen-bond donors (Lipinski definition) is 3. The molecule has 0 bridgehead atoms. The lowest BCUT2D eigenvalue weighted by molar-refractivity contribution is -0.119. The number of benzene rings is 1. The van der Waals surface area contributed by atoms with Crippen LogP contribution in [-0.2, 0) is 19.6 Å². The van der Waals surface area contributed by atoms with Gasteiger partial charge in [0.1, 0.15) is 5.75 Å². The maximum atomic E-state index is 12.0. The fourth-order valence-corrected chi connectivity index (χ4v) is 2.98. The Hall–Kier alpha value is -2.13.